The Morgan fingerprint density at radius 3 is 1.59 bits per heavy atom. The first-order chi connectivity index (χ1) is 34.7. The Morgan fingerprint density at radius 2 is 0.829 bits per heavy atom. The van der Waals surface area contributed by atoms with Crippen molar-refractivity contribution in [3.8, 4) is 50.2 Å². The SMILES string of the molecule is c1ccc(-c2ccc(N(c3ccc4c(c3)C3(c5ccccc5-c5ccccc5-4)c4ccccc4-c4cc5oc6ccccc6c5cc43)c3ccc4c(c3)c3ccccc3n4-c3ccccc3)cc2)cc1. The predicted molar refractivity (Wildman–Crippen MR) is 290 cm³/mol. The molecule has 2 aliphatic rings. The van der Waals surface area contributed by atoms with Gasteiger partial charge in [0.05, 0.1) is 16.4 Å². The Morgan fingerprint density at radius 1 is 0.300 bits per heavy atom. The molecular formula is C67H42N2O. The van der Waals surface area contributed by atoms with Gasteiger partial charge in [0.1, 0.15) is 11.2 Å². The lowest BCUT2D eigenvalue weighted by Crippen LogP contribution is -2.29. The van der Waals surface area contributed by atoms with Crippen molar-refractivity contribution >= 4 is 60.8 Å². The third kappa shape index (κ3) is 5.46. The zero-order valence-corrected chi connectivity index (χ0v) is 38.1. The van der Waals surface area contributed by atoms with E-state index < -0.39 is 5.41 Å². The summed E-state index contributed by atoms with van der Waals surface area (Å²) in [4.78, 5) is 2.47. The van der Waals surface area contributed by atoms with E-state index in [1.165, 1.54) is 88.6 Å². The monoisotopic (exact) mass is 890 g/mol. The van der Waals surface area contributed by atoms with Crippen LogP contribution in [-0.2, 0) is 5.41 Å². The molecule has 2 heterocycles. The summed E-state index contributed by atoms with van der Waals surface area (Å²) >= 11 is 0. The molecule has 3 nitrogen and oxygen atoms in total. The molecule has 1 unspecified atom stereocenters. The molecule has 326 valence electrons. The highest BCUT2D eigenvalue weighted by Crippen LogP contribution is 2.63. The van der Waals surface area contributed by atoms with Crippen molar-refractivity contribution in [2.75, 3.05) is 4.90 Å². The third-order valence-electron chi connectivity index (χ3n) is 15.2. The first kappa shape index (κ1) is 38.9. The number of benzene rings is 11. The molecule has 1 spiro atoms. The minimum atomic E-state index is -0.699. The first-order valence-corrected chi connectivity index (χ1v) is 24.2. The third-order valence-corrected chi connectivity index (χ3v) is 15.2. The number of hydrogen-bond acceptors (Lipinski definition) is 2. The van der Waals surface area contributed by atoms with Crippen LogP contribution < -0.4 is 4.90 Å². The number of anilines is 3. The largest absolute Gasteiger partial charge is 0.456 e. The fraction of sp³-hybridized carbons (Fsp3) is 0.0149. The summed E-state index contributed by atoms with van der Waals surface area (Å²) in [7, 11) is 0. The number of nitrogens with zero attached hydrogens (tertiary/aromatic N) is 2. The van der Waals surface area contributed by atoms with Crippen molar-refractivity contribution in [3.05, 3.63) is 277 Å². The Balaban J connectivity index is 1.04. The lowest BCUT2D eigenvalue weighted by molar-refractivity contribution is 0.668. The van der Waals surface area contributed by atoms with Gasteiger partial charge in [-0.2, -0.15) is 0 Å². The predicted octanol–water partition coefficient (Wildman–Crippen LogP) is 17.8. The highest BCUT2D eigenvalue weighted by Gasteiger charge is 2.50. The topological polar surface area (TPSA) is 21.3 Å². The van der Waals surface area contributed by atoms with Gasteiger partial charge in [-0.25, -0.2) is 0 Å². The van der Waals surface area contributed by atoms with Gasteiger partial charge in [0.25, 0.3) is 0 Å². The van der Waals surface area contributed by atoms with E-state index in [1.807, 2.05) is 0 Å². The number of fused-ring (bicyclic) bond motifs is 18. The maximum Gasteiger partial charge on any atom is 0.136 e. The molecule has 0 radical (unpaired) electrons. The molecule has 0 aliphatic heterocycles. The zero-order valence-electron chi connectivity index (χ0n) is 38.1. The Labute approximate surface area is 405 Å². The molecular weight excluding hydrogens is 849 g/mol. The summed E-state index contributed by atoms with van der Waals surface area (Å²) in [6, 6.07) is 94.0. The standard InChI is InChI=1S/C67H42N2O/c1-3-17-43(18-4-1)44-31-33-46(34-32-44)68(47-36-38-64-57(39-47)54-25-11-15-29-63(54)69(64)45-19-5-2-6-20-45)48-35-37-53-50-22-8-7-21-49(50)51-23-9-13-27-59(51)67(61(53)40-48)60-28-14-10-24-52(60)56-42-66-58(41-62(56)67)55-26-12-16-30-65(55)70-66/h1-42H. The lowest BCUT2D eigenvalue weighted by atomic mass is 9.65. The zero-order chi connectivity index (χ0) is 45.9. The average molecular weight is 891 g/mol. The van der Waals surface area contributed by atoms with Crippen molar-refractivity contribution in [2.24, 2.45) is 0 Å². The maximum atomic E-state index is 6.64. The Bertz CT molecular complexity index is 4240. The van der Waals surface area contributed by atoms with Crippen LogP contribution in [0.25, 0.3) is 93.9 Å². The van der Waals surface area contributed by atoms with Crippen LogP contribution in [0.1, 0.15) is 22.3 Å². The van der Waals surface area contributed by atoms with Crippen molar-refractivity contribution < 1.29 is 4.42 Å². The van der Waals surface area contributed by atoms with E-state index in [4.69, 9.17) is 4.42 Å². The van der Waals surface area contributed by atoms with Gasteiger partial charge in [-0.15, -0.1) is 0 Å². The number of aromatic nitrogens is 1. The van der Waals surface area contributed by atoms with Crippen molar-refractivity contribution in [1.82, 2.24) is 4.57 Å². The van der Waals surface area contributed by atoms with Gasteiger partial charge in [0.2, 0.25) is 0 Å². The van der Waals surface area contributed by atoms with Crippen LogP contribution >= 0.6 is 0 Å². The Kier molecular flexibility index (Phi) is 8.28. The molecule has 2 aromatic heterocycles. The molecule has 1 atom stereocenters. The number of rotatable bonds is 5. The summed E-state index contributed by atoms with van der Waals surface area (Å²) in [6.07, 6.45) is 0. The van der Waals surface area contributed by atoms with Crippen LogP contribution in [0.15, 0.2) is 259 Å². The molecule has 15 rings (SSSR count). The second kappa shape index (κ2) is 14.9. The highest BCUT2D eigenvalue weighted by atomic mass is 16.3. The summed E-state index contributed by atoms with van der Waals surface area (Å²) in [5, 5.41) is 4.67. The summed E-state index contributed by atoms with van der Waals surface area (Å²) < 4.78 is 9.04. The van der Waals surface area contributed by atoms with E-state index in [2.05, 4.69) is 264 Å². The van der Waals surface area contributed by atoms with E-state index in [9.17, 15) is 0 Å². The van der Waals surface area contributed by atoms with Crippen LogP contribution in [0.5, 0.6) is 0 Å². The second-order valence-electron chi connectivity index (χ2n) is 18.7. The molecule has 0 amide bonds. The quantitative estimate of drug-likeness (QED) is 0.172. The summed E-state index contributed by atoms with van der Waals surface area (Å²) in [6.45, 7) is 0. The maximum absolute atomic E-state index is 6.64. The van der Waals surface area contributed by atoms with E-state index >= 15 is 0 Å². The van der Waals surface area contributed by atoms with Gasteiger partial charge in [0, 0.05) is 44.3 Å². The van der Waals surface area contributed by atoms with Crippen molar-refractivity contribution in [1.29, 1.82) is 0 Å². The van der Waals surface area contributed by atoms with Crippen LogP contribution in [0.3, 0.4) is 0 Å². The van der Waals surface area contributed by atoms with Crippen molar-refractivity contribution in [3.63, 3.8) is 0 Å². The summed E-state index contributed by atoms with van der Waals surface area (Å²) in [5.74, 6) is 0. The van der Waals surface area contributed by atoms with Crippen LogP contribution in [0.2, 0.25) is 0 Å². The molecule has 0 saturated carbocycles. The second-order valence-corrected chi connectivity index (χ2v) is 18.7. The molecule has 3 heteroatoms. The summed E-state index contributed by atoms with van der Waals surface area (Å²) in [5.41, 5.74) is 22.6. The molecule has 2 aliphatic carbocycles. The molecule has 0 fully saturated rings. The minimum Gasteiger partial charge on any atom is -0.456 e. The normalized spacial score (nSPS) is 14.3. The number of para-hydroxylation sites is 3. The fourth-order valence-electron chi connectivity index (χ4n) is 12.3. The minimum absolute atomic E-state index is 0.699. The van der Waals surface area contributed by atoms with Crippen LogP contribution in [0, 0.1) is 0 Å². The van der Waals surface area contributed by atoms with E-state index in [1.54, 1.807) is 0 Å². The van der Waals surface area contributed by atoms with Gasteiger partial charge in [-0.1, -0.05) is 176 Å². The first-order valence-electron chi connectivity index (χ1n) is 24.2. The fourth-order valence-corrected chi connectivity index (χ4v) is 12.3. The average Bonchev–Trinajstić information content (AvgIpc) is 4.04. The molecule has 70 heavy (non-hydrogen) atoms. The molecule has 0 N–H and O–H groups in total. The van der Waals surface area contributed by atoms with Gasteiger partial charge < -0.3 is 13.9 Å². The van der Waals surface area contributed by atoms with Gasteiger partial charge in [-0.3, -0.25) is 0 Å². The van der Waals surface area contributed by atoms with Crippen molar-refractivity contribution in [2.45, 2.75) is 5.41 Å². The molecule has 0 saturated heterocycles. The lowest BCUT2D eigenvalue weighted by Gasteiger charge is -2.36. The molecule has 11 aromatic carbocycles. The molecule has 13 aromatic rings. The van der Waals surface area contributed by atoms with Crippen LogP contribution in [-0.4, -0.2) is 4.57 Å². The van der Waals surface area contributed by atoms with E-state index in [-0.39, 0.29) is 0 Å². The highest BCUT2D eigenvalue weighted by molar-refractivity contribution is 6.12. The molecule has 0 bridgehead atoms. The van der Waals surface area contributed by atoms with E-state index in [0.717, 1.165) is 44.7 Å². The number of furan rings is 1. The number of hydrogen-bond donors (Lipinski definition) is 0. The Hall–Kier alpha value is -9.18. The van der Waals surface area contributed by atoms with Gasteiger partial charge >= 0.3 is 0 Å². The van der Waals surface area contributed by atoms with Crippen LogP contribution in [0.4, 0.5) is 17.1 Å². The smallest absolute Gasteiger partial charge is 0.136 e. The van der Waals surface area contributed by atoms with Gasteiger partial charge in [-0.05, 0) is 146 Å². The van der Waals surface area contributed by atoms with E-state index in [0.29, 0.717) is 0 Å². The van der Waals surface area contributed by atoms with Gasteiger partial charge in [0.15, 0.2) is 0 Å².